The molecular formula is C17H21FN2. The van der Waals surface area contributed by atoms with Crippen molar-refractivity contribution in [2.75, 3.05) is 18.0 Å². The van der Waals surface area contributed by atoms with E-state index in [9.17, 15) is 4.39 Å². The van der Waals surface area contributed by atoms with Crippen LogP contribution >= 0.6 is 0 Å². The average molecular weight is 272 g/mol. The Kier molecular flexibility index (Phi) is 3.65. The molecule has 0 radical (unpaired) electrons. The predicted molar refractivity (Wildman–Crippen MR) is 78.1 cm³/mol. The first-order valence-corrected chi connectivity index (χ1v) is 7.68. The fourth-order valence-electron chi connectivity index (χ4n) is 3.91. The molecule has 0 unspecified atom stereocenters. The van der Waals surface area contributed by atoms with E-state index in [-0.39, 0.29) is 5.56 Å². The van der Waals surface area contributed by atoms with Crippen molar-refractivity contribution in [2.24, 2.45) is 5.41 Å². The molecule has 20 heavy (non-hydrogen) atoms. The van der Waals surface area contributed by atoms with Gasteiger partial charge in [0.05, 0.1) is 5.69 Å². The van der Waals surface area contributed by atoms with Crippen molar-refractivity contribution >= 4 is 5.69 Å². The molecule has 0 bridgehead atoms. The maximum Gasteiger partial charge on any atom is 0.143 e. The van der Waals surface area contributed by atoms with Crippen molar-refractivity contribution in [2.45, 2.75) is 44.9 Å². The quantitative estimate of drug-likeness (QED) is 0.764. The van der Waals surface area contributed by atoms with Crippen molar-refractivity contribution in [1.29, 1.82) is 5.26 Å². The van der Waals surface area contributed by atoms with Crippen LogP contribution in [0.3, 0.4) is 0 Å². The summed E-state index contributed by atoms with van der Waals surface area (Å²) >= 11 is 0. The minimum Gasteiger partial charge on any atom is -0.370 e. The molecule has 2 aliphatic rings. The average Bonchev–Trinajstić information content (AvgIpc) is 2.49. The highest BCUT2D eigenvalue weighted by molar-refractivity contribution is 5.60. The van der Waals surface area contributed by atoms with Crippen LogP contribution in [0.15, 0.2) is 18.2 Å². The van der Waals surface area contributed by atoms with E-state index < -0.39 is 5.82 Å². The number of rotatable bonds is 1. The number of hydrogen-bond acceptors (Lipinski definition) is 2. The molecule has 106 valence electrons. The number of nitriles is 1. The predicted octanol–water partition coefficient (Wildman–Crippen LogP) is 4.25. The highest BCUT2D eigenvalue weighted by Gasteiger charge is 2.35. The number of nitrogens with zero attached hydrogens (tertiary/aromatic N) is 2. The smallest absolute Gasteiger partial charge is 0.143 e. The molecule has 1 saturated heterocycles. The lowest BCUT2D eigenvalue weighted by molar-refractivity contribution is 0.144. The zero-order chi connectivity index (χ0) is 14.0. The van der Waals surface area contributed by atoms with Gasteiger partial charge in [-0.1, -0.05) is 25.3 Å². The van der Waals surface area contributed by atoms with Crippen LogP contribution in [0.25, 0.3) is 0 Å². The lowest BCUT2D eigenvalue weighted by Crippen LogP contribution is -2.41. The second-order valence-corrected chi connectivity index (χ2v) is 6.29. The van der Waals surface area contributed by atoms with E-state index in [0.717, 1.165) is 18.8 Å². The number of anilines is 1. The summed E-state index contributed by atoms with van der Waals surface area (Å²) in [5, 5.41) is 9.16. The largest absolute Gasteiger partial charge is 0.370 e. The standard InChI is InChI=1S/C17H21FN2/c18-15-5-4-6-16(14(15)13-19)20-11-9-17(10-12-20)7-2-1-3-8-17/h4-6H,1-3,7-12H2. The third kappa shape index (κ3) is 2.40. The Hall–Kier alpha value is -1.56. The normalized spacial score (nSPS) is 21.7. The van der Waals surface area contributed by atoms with E-state index in [1.165, 1.54) is 51.0 Å². The van der Waals surface area contributed by atoms with E-state index >= 15 is 0 Å². The maximum absolute atomic E-state index is 13.7. The Labute approximate surface area is 120 Å². The molecule has 1 saturated carbocycles. The third-order valence-electron chi connectivity index (χ3n) is 5.18. The van der Waals surface area contributed by atoms with Gasteiger partial charge in [-0.3, -0.25) is 0 Å². The summed E-state index contributed by atoms with van der Waals surface area (Å²) in [5.41, 5.74) is 1.51. The number of halogens is 1. The lowest BCUT2D eigenvalue weighted by Gasteiger charge is -2.45. The number of benzene rings is 1. The minimum absolute atomic E-state index is 0.201. The van der Waals surface area contributed by atoms with Crippen molar-refractivity contribution in [1.82, 2.24) is 0 Å². The van der Waals surface area contributed by atoms with E-state index in [2.05, 4.69) is 4.90 Å². The molecule has 1 aromatic rings. The van der Waals surface area contributed by atoms with Gasteiger partial charge in [0.25, 0.3) is 0 Å². The van der Waals surface area contributed by atoms with Gasteiger partial charge in [-0.15, -0.1) is 0 Å². The monoisotopic (exact) mass is 272 g/mol. The van der Waals surface area contributed by atoms with Crippen LogP contribution in [0.2, 0.25) is 0 Å². The van der Waals surface area contributed by atoms with Gasteiger partial charge in [0, 0.05) is 13.1 Å². The molecule has 0 atom stereocenters. The van der Waals surface area contributed by atoms with Gasteiger partial charge in [-0.2, -0.15) is 5.26 Å². The molecule has 2 nitrogen and oxygen atoms in total. The topological polar surface area (TPSA) is 27.0 Å². The van der Waals surface area contributed by atoms with E-state index in [1.807, 2.05) is 12.1 Å². The van der Waals surface area contributed by atoms with Gasteiger partial charge < -0.3 is 4.90 Å². The first-order chi connectivity index (χ1) is 9.74. The summed E-state index contributed by atoms with van der Waals surface area (Å²) in [6.07, 6.45) is 9.20. The molecule has 3 heteroatoms. The fourth-order valence-corrected chi connectivity index (χ4v) is 3.91. The zero-order valence-electron chi connectivity index (χ0n) is 11.9. The second kappa shape index (κ2) is 5.44. The first-order valence-electron chi connectivity index (χ1n) is 7.68. The van der Waals surface area contributed by atoms with Crippen LogP contribution < -0.4 is 4.90 Å². The van der Waals surface area contributed by atoms with E-state index in [0.29, 0.717) is 5.41 Å². The third-order valence-corrected chi connectivity index (χ3v) is 5.18. The van der Waals surface area contributed by atoms with Crippen LogP contribution in [0.5, 0.6) is 0 Å². The van der Waals surface area contributed by atoms with Crippen molar-refractivity contribution < 1.29 is 4.39 Å². The van der Waals surface area contributed by atoms with Crippen LogP contribution in [0.1, 0.15) is 50.5 Å². The van der Waals surface area contributed by atoms with Gasteiger partial charge in [-0.25, -0.2) is 4.39 Å². The van der Waals surface area contributed by atoms with Crippen LogP contribution in [0.4, 0.5) is 10.1 Å². The molecule has 0 amide bonds. The molecule has 2 fully saturated rings. The maximum atomic E-state index is 13.7. The van der Waals surface area contributed by atoms with E-state index in [4.69, 9.17) is 5.26 Å². The number of piperidine rings is 1. The van der Waals surface area contributed by atoms with Crippen molar-refractivity contribution in [3.63, 3.8) is 0 Å². The molecule has 1 heterocycles. The highest BCUT2D eigenvalue weighted by atomic mass is 19.1. The Balaban J connectivity index is 1.75. The SMILES string of the molecule is N#Cc1c(F)cccc1N1CCC2(CCCCC2)CC1. The Morgan fingerprint density at radius 1 is 1.05 bits per heavy atom. The van der Waals surface area contributed by atoms with Gasteiger partial charge in [-0.05, 0) is 43.2 Å². The fraction of sp³-hybridized carbons (Fsp3) is 0.588. The Morgan fingerprint density at radius 3 is 2.40 bits per heavy atom. The molecule has 0 N–H and O–H groups in total. The summed E-state index contributed by atoms with van der Waals surface area (Å²) in [7, 11) is 0. The van der Waals surface area contributed by atoms with Gasteiger partial charge in [0.1, 0.15) is 17.4 Å². The van der Waals surface area contributed by atoms with Crippen LogP contribution in [-0.4, -0.2) is 13.1 Å². The molecular weight excluding hydrogens is 251 g/mol. The summed E-state index contributed by atoms with van der Waals surface area (Å²) in [5.74, 6) is -0.400. The summed E-state index contributed by atoms with van der Waals surface area (Å²) < 4.78 is 13.7. The molecule has 1 aliphatic heterocycles. The summed E-state index contributed by atoms with van der Waals surface area (Å²) in [4.78, 5) is 2.20. The minimum atomic E-state index is -0.400. The van der Waals surface area contributed by atoms with Gasteiger partial charge >= 0.3 is 0 Å². The second-order valence-electron chi connectivity index (χ2n) is 6.29. The number of hydrogen-bond donors (Lipinski definition) is 0. The van der Waals surface area contributed by atoms with Crippen LogP contribution in [0, 0.1) is 22.6 Å². The van der Waals surface area contributed by atoms with Crippen LogP contribution in [-0.2, 0) is 0 Å². The molecule has 1 spiro atoms. The van der Waals surface area contributed by atoms with Gasteiger partial charge in [0.15, 0.2) is 0 Å². The Bertz CT molecular complexity index is 516. The molecule has 0 aromatic heterocycles. The zero-order valence-corrected chi connectivity index (χ0v) is 11.9. The Morgan fingerprint density at radius 2 is 1.75 bits per heavy atom. The molecule has 1 aliphatic carbocycles. The van der Waals surface area contributed by atoms with Gasteiger partial charge in [0.2, 0.25) is 0 Å². The molecule has 1 aromatic carbocycles. The lowest BCUT2D eigenvalue weighted by atomic mass is 9.68. The summed E-state index contributed by atoms with van der Waals surface area (Å²) in [6.45, 7) is 1.91. The first kappa shape index (κ1) is 13.4. The van der Waals surface area contributed by atoms with Crippen molar-refractivity contribution in [3.8, 4) is 6.07 Å². The van der Waals surface area contributed by atoms with E-state index in [1.54, 1.807) is 6.07 Å². The molecule has 3 rings (SSSR count). The highest BCUT2D eigenvalue weighted by Crippen LogP contribution is 2.45. The van der Waals surface area contributed by atoms with Crippen molar-refractivity contribution in [3.05, 3.63) is 29.6 Å². The summed E-state index contributed by atoms with van der Waals surface area (Å²) in [6, 6.07) is 6.97.